The number of amides is 2. The molecule has 3 rings (SSSR count). The van der Waals surface area contributed by atoms with Crippen molar-refractivity contribution in [3.05, 3.63) is 18.2 Å². The monoisotopic (exact) mass is 395 g/mol. The molecule has 2 fully saturated rings. The second-order valence-electron chi connectivity index (χ2n) is 6.96. The van der Waals surface area contributed by atoms with E-state index in [-0.39, 0.29) is 17.7 Å². The van der Waals surface area contributed by atoms with Gasteiger partial charge in [0.25, 0.3) is 0 Å². The van der Waals surface area contributed by atoms with Crippen LogP contribution in [0.1, 0.15) is 25.7 Å². The zero-order valence-electron chi connectivity index (χ0n) is 15.6. The maximum atomic E-state index is 12.6. The number of sulfonamides is 1. The number of methoxy groups -OCH3 is 1. The van der Waals surface area contributed by atoms with Crippen molar-refractivity contribution in [3.63, 3.8) is 0 Å². The van der Waals surface area contributed by atoms with Crippen LogP contribution in [-0.4, -0.2) is 57.5 Å². The molecule has 148 valence electrons. The fourth-order valence-corrected chi connectivity index (χ4v) is 4.45. The van der Waals surface area contributed by atoms with Crippen molar-refractivity contribution in [3.8, 4) is 5.75 Å². The van der Waals surface area contributed by atoms with Crippen LogP contribution in [0.15, 0.2) is 18.2 Å². The molecule has 2 heterocycles. The highest BCUT2D eigenvalue weighted by molar-refractivity contribution is 7.88. The van der Waals surface area contributed by atoms with E-state index in [0.29, 0.717) is 56.0 Å². The molecule has 2 amide bonds. The number of nitrogens with one attached hydrogen (secondary N) is 1. The van der Waals surface area contributed by atoms with Gasteiger partial charge in [0.15, 0.2) is 0 Å². The Hall–Kier alpha value is -2.13. The van der Waals surface area contributed by atoms with E-state index in [4.69, 9.17) is 4.74 Å². The number of anilines is 2. The molecule has 8 nitrogen and oxygen atoms in total. The van der Waals surface area contributed by atoms with E-state index >= 15 is 0 Å². The summed E-state index contributed by atoms with van der Waals surface area (Å²) in [4.78, 5) is 26.3. The normalized spacial score (nSPS) is 19.3. The van der Waals surface area contributed by atoms with Crippen LogP contribution >= 0.6 is 0 Å². The van der Waals surface area contributed by atoms with Gasteiger partial charge in [0, 0.05) is 37.7 Å². The average Bonchev–Trinajstić information content (AvgIpc) is 3.07. The van der Waals surface area contributed by atoms with Gasteiger partial charge >= 0.3 is 0 Å². The molecule has 0 atom stereocenters. The van der Waals surface area contributed by atoms with Crippen LogP contribution in [-0.2, 0) is 19.6 Å². The number of piperidine rings is 1. The Balaban J connectivity index is 1.69. The Morgan fingerprint density at radius 1 is 1.22 bits per heavy atom. The van der Waals surface area contributed by atoms with Crippen LogP contribution in [0.5, 0.6) is 5.75 Å². The molecule has 1 N–H and O–H groups in total. The third-order valence-electron chi connectivity index (χ3n) is 5.10. The van der Waals surface area contributed by atoms with Crippen LogP contribution in [0, 0.1) is 5.92 Å². The van der Waals surface area contributed by atoms with Crippen molar-refractivity contribution in [2.45, 2.75) is 25.7 Å². The summed E-state index contributed by atoms with van der Waals surface area (Å²) >= 11 is 0. The Morgan fingerprint density at radius 2 is 1.93 bits per heavy atom. The quantitative estimate of drug-likeness (QED) is 0.814. The van der Waals surface area contributed by atoms with Gasteiger partial charge in [0.1, 0.15) is 5.75 Å². The Kier molecular flexibility index (Phi) is 5.71. The van der Waals surface area contributed by atoms with E-state index < -0.39 is 10.0 Å². The lowest BCUT2D eigenvalue weighted by atomic mass is 9.97. The highest BCUT2D eigenvalue weighted by Gasteiger charge is 2.29. The third kappa shape index (κ3) is 4.41. The van der Waals surface area contributed by atoms with E-state index in [1.54, 1.807) is 30.2 Å². The molecule has 0 aliphatic carbocycles. The Labute approximate surface area is 159 Å². The lowest BCUT2D eigenvalue weighted by molar-refractivity contribution is -0.121. The number of benzene rings is 1. The van der Waals surface area contributed by atoms with Crippen molar-refractivity contribution in [2.24, 2.45) is 5.92 Å². The molecule has 2 aliphatic heterocycles. The van der Waals surface area contributed by atoms with Crippen LogP contribution < -0.4 is 15.0 Å². The van der Waals surface area contributed by atoms with E-state index in [1.165, 1.54) is 10.6 Å². The van der Waals surface area contributed by atoms with Gasteiger partial charge in [-0.05, 0) is 37.5 Å². The van der Waals surface area contributed by atoms with Crippen LogP contribution in [0.3, 0.4) is 0 Å². The second kappa shape index (κ2) is 7.85. The topological polar surface area (TPSA) is 96.0 Å². The molecule has 0 aromatic heterocycles. The zero-order chi connectivity index (χ0) is 19.6. The first kappa shape index (κ1) is 19.6. The fraction of sp³-hybridized carbons (Fsp3) is 0.556. The summed E-state index contributed by atoms with van der Waals surface area (Å²) in [7, 11) is -1.66. The first-order chi connectivity index (χ1) is 12.8. The standard InChI is InChI=1S/C18H25N3O5S/c1-26-16-6-5-14(12-15(16)21-9-3-4-17(21)22)19-18(23)13-7-10-20(11-8-13)27(2,24)25/h5-6,12-13H,3-4,7-11H2,1-2H3,(H,19,23). The van der Waals surface area contributed by atoms with Crippen molar-refractivity contribution in [1.29, 1.82) is 0 Å². The van der Waals surface area contributed by atoms with Gasteiger partial charge < -0.3 is 15.0 Å². The molecule has 9 heteroatoms. The predicted octanol–water partition coefficient (Wildman–Crippen LogP) is 1.43. The van der Waals surface area contributed by atoms with Gasteiger partial charge in [-0.2, -0.15) is 0 Å². The highest BCUT2D eigenvalue weighted by Crippen LogP contribution is 2.34. The van der Waals surface area contributed by atoms with Gasteiger partial charge in [-0.25, -0.2) is 12.7 Å². The lowest BCUT2D eigenvalue weighted by Crippen LogP contribution is -2.40. The van der Waals surface area contributed by atoms with Gasteiger partial charge in [-0.3, -0.25) is 9.59 Å². The minimum absolute atomic E-state index is 0.0462. The third-order valence-corrected chi connectivity index (χ3v) is 6.41. The summed E-state index contributed by atoms with van der Waals surface area (Å²) in [5.74, 6) is 0.267. The molecule has 1 aromatic carbocycles. The van der Waals surface area contributed by atoms with Crippen molar-refractivity contribution in [1.82, 2.24) is 4.31 Å². The lowest BCUT2D eigenvalue weighted by Gasteiger charge is -2.29. The highest BCUT2D eigenvalue weighted by atomic mass is 32.2. The smallest absolute Gasteiger partial charge is 0.227 e. The molecule has 2 saturated heterocycles. The number of ether oxygens (including phenoxy) is 1. The SMILES string of the molecule is COc1ccc(NC(=O)C2CCN(S(C)(=O)=O)CC2)cc1N1CCCC1=O. The van der Waals surface area contributed by atoms with E-state index in [9.17, 15) is 18.0 Å². The van der Waals surface area contributed by atoms with Gasteiger partial charge in [-0.1, -0.05) is 0 Å². The maximum Gasteiger partial charge on any atom is 0.227 e. The molecule has 27 heavy (non-hydrogen) atoms. The van der Waals surface area contributed by atoms with E-state index in [0.717, 1.165) is 6.42 Å². The maximum absolute atomic E-state index is 12.6. The molecular formula is C18H25N3O5S. The zero-order valence-corrected chi connectivity index (χ0v) is 16.4. The summed E-state index contributed by atoms with van der Waals surface area (Å²) in [6, 6.07) is 5.24. The number of hydrogen-bond acceptors (Lipinski definition) is 5. The Bertz CT molecular complexity index is 831. The summed E-state index contributed by atoms with van der Waals surface area (Å²) in [6.45, 7) is 1.34. The minimum atomic E-state index is -3.21. The molecule has 2 aliphatic rings. The van der Waals surface area contributed by atoms with Crippen LogP contribution in [0.4, 0.5) is 11.4 Å². The molecule has 0 saturated carbocycles. The van der Waals surface area contributed by atoms with E-state index in [1.807, 2.05) is 0 Å². The number of carbonyl (C=O) groups is 2. The number of carbonyl (C=O) groups excluding carboxylic acids is 2. The molecule has 0 unspecified atom stereocenters. The first-order valence-electron chi connectivity index (χ1n) is 9.04. The summed E-state index contributed by atoms with van der Waals surface area (Å²) in [5, 5.41) is 2.89. The van der Waals surface area contributed by atoms with Gasteiger partial charge in [-0.15, -0.1) is 0 Å². The van der Waals surface area contributed by atoms with Crippen molar-refractivity contribution >= 4 is 33.2 Å². The fourth-order valence-electron chi connectivity index (χ4n) is 3.58. The van der Waals surface area contributed by atoms with E-state index in [2.05, 4.69) is 5.32 Å². The molecule has 1 aromatic rings. The van der Waals surface area contributed by atoms with Crippen molar-refractivity contribution < 1.29 is 22.7 Å². The van der Waals surface area contributed by atoms with Gasteiger partial charge in [0.05, 0.1) is 19.1 Å². The minimum Gasteiger partial charge on any atom is -0.495 e. The number of hydrogen-bond donors (Lipinski definition) is 1. The predicted molar refractivity (Wildman–Crippen MR) is 102 cm³/mol. The second-order valence-corrected chi connectivity index (χ2v) is 8.94. The number of rotatable bonds is 5. The van der Waals surface area contributed by atoms with Gasteiger partial charge in [0.2, 0.25) is 21.8 Å². The van der Waals surface area contributed by atoms with Crippen LogP contribution in [0.2, 0.25) is 0 Å². The molecule has 0 bridgehead atoms. The number of nitrogens with zero attached hydrogens (tertiary/aromatic N) is 2. The Morgan fingerprint density at radius 3 is 2.48 bits per heavy atom. The molecule has 0 radical (unpaired) electrons. The largest absolute Gasteiger partial charge is 0.495 e. The molecule has 0 spiro atoms. The summed E-state index contributed by atoms with van der Waals surface area (Å²) in [5.41, 5.74) is 1.26. The van der Waals surface area contributed by atoms with Crippen LogP contribution in [0.25, 0.3) is 0 Å². The molecular weight excluding hydrogens is 370 g/mol. The summed E-state index contributed by atoms with van der Waals surface area (Å²) < 4.78 is 29.9. The first-order valence-corrected chi connectivity index (χ1v) is 10.9. The average molecular weight is 395 g/mol. The van der Waals surface area contributed by atoms with Crippen molar-refractivity contribution in [2.75, 3.05) is 43.2 Å². The summed E-state index contributed by atoms with van der Waals surface area (Å²) in [6.07, 6.45) is 3.49.